The third-order valence-electron chi connectivity index (χ3n) is 5.39. The summed E-state index contributed by atoms with van der Waals surface area (Å²) in [5.74, 6) is -0.226. The number of benzene rings is 3. The lowest BCUT2D eigenvalue weighted by Gasteiger charge is -2.26. The van der Waals surface area contributed by atoms with Gasteiger partial charge in [0.15, 0.2) is 0 Å². The van der Waals surface area contributed by atoms with E-state index in [1.165, 1.54) is 5.56 Å². The smallest absolute Gasteiger partial charge is 0.228 e. The molecule has 0 heterocycles. The number of hydrogen-bond acceptors (Lipinski definition) is 3. The van der Waals surface area contributed by atoms with E-state index in [-0.39, 0.29) is 11.8 Å². The molecule has 0 saturated carbocycles. The molecule has 0 radical (unpaired) electrons. The first kappa shape index (κ1) is 21.1. The summed E-state index contributed by atoms with van der Waals surface area (Å²) in [6.45, 7) is 6.58. The second kappa shape index (κ2) is 9.28. The van der Waals surface area contributed by atoms with E-state index in [9.17, 15) is 10.1 Å². The van der Waals surface area contributed by atoms with Crippen molar-refractivity contribution in [2.24, 2.45) is 5.92 Å². The summed E-state index contributed by atoms with van der Waals surface area (Å²) in [5, 5.41) is 12.3. The largest absolute Gasteiger partial charge is 0.373 e. The van der Waals surface area contributed by atoms with E-state index in [0.29, 0.717) is 12.1 Å². The zero-order chi connectivity index (χ0) is 21.7. The van der Waals surface area contributed by atoms with Gasteiger partial charge in [-0.05, 0) is 60.9 Å². The van der Waals surface area contributed by atoms with Crippen LogP contribution in [0.2, 0.25) is 0 Å². The van der Waals surface area contributed by atoms with Gasteiger partial charge in [-0.15, -0.1) is 0 Å². The van der Waals surface area contributed by atoms with Crippen LogP contribution in [0.25, 0.3) is 11.1 Å². The van der Waals surface area contributed by atoms with Gasteiger partial charge in [0.2, 0.25) is 5.91 Å². The van der Waals surface area contributed by atoms with Gasteiger partial charge in [0.05, 0.1) is 17.6 Å². The summed E-state index contributed by atoms with van der Waals surface area (Å²) in [7, 11) is 1.98. The summed E-state index contributed by atoms with van der Waals surface area (Å²) < 4.78 is 0. The number of carbonyl (C=O) groups excluding carboxylic acids is 1. The first-order valence-electron chi connectivity index (χ1n) is 10.1. The number of nitriles is 1. The van der Waals surface area contributed by atoms with Gasteiger partial charge in [-0.3, -0.25) is 4.79 Å². The number of hydrogen-bond donors (Lipinski definition) is 1. The van der Waals surface area contributed by atoms with Gasteiger partial charge < -0.3 is 10.2 Å². The lowest BCUT2D eigenvalue weighted by Crippen LogP contribution is -2.32. The van der Waals surface area contributed by atoms with Crippen molar-refractivity contribution in [3.63, 3.8) is 0 Å². The zero-order valence-electron chi connectivity index (χ0n) is 17.9. The summed E-state index contributed by atoms with van der Waals surface area (Å²) >= 11 is 0. The van der Waals surface area contributed by atoms with Gasteiger partial charge in [0.25, 0.3) is 0 Å². The Morgan fingerprint density at radius 1 is 1.03 bits per heavy atom. The quantitative estimate of drug-likeness (QED) is 0.593. The second-order valence-corrected chi connectivity index (χ2v) is 7.78. The van der Waals surface area contributed by atoms with Crippen molar-refractivity contribution >= 4 is 17.3 Å². The highest BCUT2D eigenvalue weighted by atomic mass is 16.1. The van der Waals surface area contributed by atoms with E-state index in [2.05, 4.69) is 23.2 Å². The van der Waals surface area contributed by atoms with Crippen LogP contribution < -0.4 is 10.2 Å². The van der Waals surface area contributed by atoms with Gasteiger partial charge in [-0.1, -0.05) is 43.3 Å². The van der Waals surface area contributed by atoms with Gasteiger partial charge >= 0.3 is 0 Å². The minimum atomic E-state index is -0.212. The van der Waals surface area contributed by atoms with Crippen LogP contribution in [0.5, 0.6) is 0 Å². The highest BCUT2D eigenvalue weighted by Crippen LogP contribution is 2.31. The van der Waals surface area contributed by atoms with Crippen LogP contribution in [-0.2, 0) is 4.79 Å². The Morgan fingerprint density at radius 3 is 2.43 bits per heavy atom. The predicted molar refractivity (Wildman–Crippen MR) is 124 cm³/mol. The average Bonchev–Trinajstić information content (AvgIpc) is 2.76. The summed E-state index contributed by atoms with van der Waals surface area (Å²) in [6, 6.07) is 23.8. The van der Waals surface area contributed by atoms with Crippen molar-refractivity contribution in [2.45, 2.75) is 20.8 Å². The fraction of sp³-hybridized carbons (Fsp3) is 0.231. The Labute approximate surface area is 178 Å². The lowest BCUT2D eigenvalue weighted by molar-refractivity contribution is -0.119. The van der Waals surface area contributed by atoms with Crippen LogP contribution in [0.3, 0.4) is 0 Å². The Balaban J connectivity index is 1.78. The van der Waals surface area contributed by atoms with Crippen LogP contribution in [0.15, 0.2) is 66.7 Å². The van der Waals surface area contributed by atoms with E-state index in [4.69, 9.17) is 0 Å². The molecule has 3 rings (SSSR count). The maximum absolute atomic E-state index is 12.7. The van der Waals surface area contributed by atoms with Crippen molar-refractivity contribution in [2.75, 3.05) is 23.8 Å². The topological polar surface area (TPSA) is 56.1 Å². The molecule has 0 aliphatic carbocycles. The Kier molecular flexibility index (Phi) is 6.54. The first-order valence-corrected chi connectivity index (χ1v) is 10.1. The van der Waals surface area contributed by atoms with E-state index in [0.717, 1.165) is 28.1 Å². The molecule has 4 heteroatoms. The molecular formula is C26H27N3O. The molecule has 3 aromatic carbocycles. The number of amides is 1. The molecule has 0 aliphatic rings. The van der Waals surface area contributed by atoms with Gasteiger partial charge in [0.1, 0.15) is 0 Å². The third kappa shape index (κ3) is 4.87. The number of aryl methyl sites for hydroxylation is 2. The summed E-state index contributed by atoms with van der Waals surface area (Å²) in [4.78, 5) is 14.8. The van der Waals surface area contributed by atoms with E-state index >= 15 is 0 Å². The normalized spacial score (nSPS) is 11.4. The molecule has 0 fully saturated rings. The minimum absolute atomic E-state index is 0.0139. The Hall–Kier alpha value is -3.58. The fourth-order valence-electron chi connectivity index (χ4n) is 3.46. The van der Waals surface area contributed by atoms with Crippen LogP contribution in [0.1, 0.15) is 23.6 Å². The molecule has 1 atom stereocenters. The molecule has 1 N–H and O–H groups in total. The van der Waals surface area contributed by atoms with Crippen LogP contribution in [-0.4, -0.2) is 19.5 Å². The van der Waals surface area contributed by atoms with Crippen LogP contribution in [0.4, 0.5) is 11.4 Å². The highest BCUT2D eigenvalue weighted by Gasteiger charge is 2.18. The summed E-state index contributed by atoms with van der Waals surface area (Å²) in [6.07, 6.45) is 0. The maximum atomic E-state index is 12.7. The second-order valence-electron chi connectivity index (χ2n) is 7.78. The Bertz CT molecular complexity index is 1080. The molecular weight excluding hydrogens is 370 g/mol. The van der Waals surface area contributed by atoms with Gasteiger partial charge in [-0.2, -0.15) is 5.26 Å². The molecule has 1 amide bonds. The van der Waals surface area contributed by atoms with Crippen molar-refractivity contribution in [3.05, 3.63) is 83.4 Å². The van der Waals surface area contributed by atoms with E-state index in [1.807, 2.05) is 87.6 Å². The SMILES string of the molecule is Cc1ccc(NC(=O)C(C)CN(C)c2ccc(C#N)cc2-c2ccccc2)cc1C. The molecule has 0 spiro atoms. The first-order chi connectivity index (χ1) is 14.4. The molecule has 0 aromatic heterocycles. The van der Waals surface area contributed by atoms with Gasteiger partial charge in [0, 0.05) is 30.5 Å². The van der Waals surface area contributed by atoms with Crippen LogP contribution in [0, 0.1) is 31.1 Å². The maximum Gasteiger partial charge on any atom is 0.228 e. The van der Waals surface area contributed by atoms with Gasteiger partial charge in [-0.25, -0.2) is 0 Å². The molecule has 0 aliphatic heterocycles. The predicted octanol–water partition coefficient (Wildman–Crippen LogP) is 5.55. The highest BCUT2D eigenvalue weighted by molar-refractivity contribution is 5.93. The van der Waals surface area contributed by atoms with Crippen molar-refractivity contribution in [3.8, 4) is 17.2 Å². The summed E-state index contributed by atoms with van der Waals surface area (Å²) in [5.41, 5.74) is 6.82. The van der Waals surface area contributed by atoms with Crippen molar-refractivity contribution < 1.29 is 4.79 Å². The number of carbonyl (C=O) groups is 1. The van der Waals surface area contributed by atoms with E-state index < -0.39 is 0 Å². The third-order valence-corrected chi connectivity index (χ3v) is 5.39. The number of nitrogens with one attached hydrogen (secondary N) is 1. The van der Waals surface area contributed by atoms with Crippen LogP contribution >= 0.6 is 0 Å². The molecule has 0 bridgehead atoms. The molecule has 0 saturated heterocycles. The molecule has 152 valence electrons. The molecule has 1 unspecified atom stereocenters. The van der Waals surface area contributed by atoms with E-state index in [1.54, 1.807) is 0 Å². The Morgan fingerprint density at radius 2 is 1.77 bits per heavy atom. The monoisotopic (exact) mass is 397 g/mol. The molecule has 30 heavy (non-hydrogen) atoms. The van der Waals surface area contributed by atoms with Crippen molar-refractivity contribution in [1.82, 2.24) is 0 Å². The number of rotatable bonds is 6. The number of anilines is 2. The molecule has 3 aromatic rings. The minimum Gasteiger partial charge on any atom is -0.373 e. The van der Waals surface area contributed by atoms with Crippen molar-refractivity contribution in [1.29, 1.82) is 5.26 Å². The standard InChI is InChI=1S/C26H27N3O/c1-18-10-12-23(14-19(18)2)28-26(30)20(3)17-29(4)25-13-11-21(16-27)15-24(25)22-8-6-5-7-9-22/h5-15,20H,17H2,1-4H3,(H,28,30). The average molecular weight is 398 g/mol. The molecule has 4 nitrogen and oxygen atoms in total. The fourth-order valence-corrected chi connectivity index (χ4v) is 3.46. The number of nitrogens with zero attached hydrogens (tertiary/aromatic N) is 2. The lowest BCUT2D eigenvalue weighted by atomic mass is 10.00. The zero-order valence-corrected chi connectivity index (χ0v) is 17.9.